The van der Waals surface area contributed by atoms with Crippen molar-refractivity contribution in [1.82, 2.24) is 5.32 Å². The summed E-state index contributed by atoms with van der Waals surface area (Å²) in [6.45, 7) is 7.11. The number of halogens is 2. The molecule has 0 bridgehead atoms. The highest BCUT2D eigenvalue weighted by molar-refractivity contribution is 6.50. The maximum Gasteiger partial charge on any atom is 0.137 e. The average molecular weight is 249 g/mol. The molecule has 0 aromatic carbocycles. The standard InChI is InChI=1S/C11H18Cl2N2/c1-9(11(2,12)13)8-15-10-6-4-3-5-7-14-10/h1,3-8H2,2H3,(H,14,15). The van der Waals surface area contributed by atoms with E-state index in [1.807, 2.05) is 0 Å². The van der Waals surface area contributed by atoms with Crippen molar-refractivity contribution in [2.24, 2.45) is 4.99 Å². The Hall–Kier alpha value is -0.210. The molecule has 1 aliphatic rings. The van der Waals surface area contributed by atoms with E-state index >= 15 is 0 Å². The molecule has 0 saturated carbocycles. The number of amidine groups is 1. The molecule has 0 aliphatic carbocycles. The van der Waals surface area contributed by atoms with Crippen molar-refractivity contribution < 1.29 is 0 Å². The highest BCUT2D eigenvalue weighted by Crippen LogP contribution is 2.27. The third-order valence-electron chi connectivity index (χ3n) is 2.50. The van der Waals surface area contributed by atoms with Crippen molar-refractivity contribution in [3.8, 4) is 0 Å². The molecule has 15 heavy (non-hydrogen) atoms. The number of alkyl halides is 2. The van der Waals surface area contributed by atoms with E-state index in [9.17, 15) is 0 Å². The van der Waals surface area contributed by atoms with E-state index in [0.29, 0.717) is 6.54 Å². The van der Waals surface area contributed by atoms with Crippen molar-refractivity contribution in [3.05, 3.63) is 12.2 Å². The molecule has 0 radical (unpaired) electrons. The summed E-state index contributed by atoms with van der Waals surface area (Å²) in [5.74, 6) is 1.06. The van der Waals surface area contributed by atoms with Crippen molar-refractivity contribution in [2.75, 3.05) is 13.1 Å². The van der Waals surface area contributed by atoms with Gasteiger partial charge in [-0.2, -0.15) is 0 Å². The van der Waals surface area contributed by atoms with Gasteiger partial charge in [0.05, 0.1) is 5.84 Å². The van der Waals surface area contributed by atoms with Gasteiger partial charge in [0.25, 0.3) is 0 Å². The van der Waals surface area contributed by atoms with Crippen molar-refractivity contribution in [2.45, 2.75) is 36.9 Å². The zero-order valence-electron chi connectivity index (χ0n) is 9.15. The highest BCUT2D eigenvalue weighted by atomic mass is 35.5. The zero-order chi connectivity index (χ0) is 11.3. The molecular formula is C11H18Cl2N2. The van der Waals surface area contributed by atoms with E-state index in [1.54, 1.807) is 6.92 Å². The topological polar surface area (TPSA) is 24.4 Å². The number of hydrogen-bond acceptors (Lipinski definition) is 2. The molecule has 1 rings (SSSR count). The first kappa shape index (κ1) is 12.9. The first-order valence-corrected chi connectivity index (χ1v) is 6.09. The van der Waals surface area contributed by atoms with E-state index in [4.69, 9.17) is 23.2 Å². The van der Waals surface area contributed by atoms with E-state index in [1.165, 1.54) is 19.3 Å². The largest absolute Gasteiger partial charge is 0.370 e. The number of hydrogen-bond donors (Lipinski definition) is 1. The predicted molar refractivity (Wildman–Crippen MR) is 68.0 cm³/mol. The number of nitrogens with zero attached hydrogens (tertiary/aromatic N) is 1. The summed E-state index contributed by atoms with van der Waals surface area (Å²) in [6.07, 6.45) is 4.68. The Morgan fingerprint density at radius 1 is 1.47 bits per heavy atom. The molecular weight excluding hydrogens is 231 g/mol. The Kier molecular flexibility index (Phi) is 4.94. The fraction of sp³-hybridized carbons (Fsp3) is 0.727. The number of aliphatic imine (C=N–C) groups is 1. The summed E-state index contributed by atoms with van der Waals surface area (Å²) in [4.78, 5) is 4.46. The summed E-state index contributed by atoms with van der Waals surface area (Å²) < 4.78 is -0.863. The van der Waals surface area contributed by atoms with Gasteiger partial charge in [0.1, 0.15) is 4.33 Å². The lowest BCUT2D eigenvalue weighted by molar-refractivity contribution is 0.728. The maximum atomic E-state index is 5.92. The first-order chi connectivity index (χ1) is 7.00. The minimum atomic E-state index is -0.863. The normalized spacial score (nSPS) is 17.9. The number of rotatable bonds is 3. The summed E-state index contributed by atoms with van der Waals surface area (Å²) in [5.41, 5.74) is 0.776. The Morgan fingerprint density at radius 3 is 2.87 bits per heavy atom. The van der Waals surface area contributed by atoms with Crippen LogP contribution in [0.25, 0.3) is 0 Å². The molecule has 1 heterocycles. The smallest absolute Gasteiger partial charge is 0.137 e. The Labute approximate surface area is 102 Å². The van der Waals surface area contributed by atoms with E-state index in [-0.39, 0.29) is 0 Å². The van der Waals surface area contributed by atoms with Gasteiger partial charge in [-0.1, -0.05) is 36.2 Å². The lowest BCUT2D eigenvalue weighted by Gasteiger charge is -2.18. The van der Waals surface area contributed by atoms with Gasteiger partial charge in [-0.3, -0.25) is 4.99 Å². The number of nitrogens with one attached hydrogen (secondary N) is 1. The van der Waals surface area contributed by atoms with Crippen LogP contribution in [0.5, 0.6) is 0 Å². The van der Waals surface area contributed by atoms with Crippen LogP contribution in [0, 0.1) is 0 Å². The molecule has 86 valence electrons. The Bertz CT molecular complexity index is 254. The van der Waals surface area contributed by atoms with Crippen LogP contribution in [0.1, 0.15) is 32.6 Å². The zero-order valence-corrected chi connectivity index (χ0v) is 10.7. The van der Waals surface area contributed by atoms with Crippen LogP contribution < -0.4 is 5.32 Å². The highest BCUT2D eigenvalue weighted by Gasteiger charge is 2.20. The van der Waals surface area contributed by atoms with Crippen LogP contribution in [-0.4, -0.2) is 23.3 Å². The van der Waals surface area contributed by atoms with Crippen molar-refractivity contribution >= 4 is 29.0 Å². The minimum absolute atomic E-state index is 0.600. The van der Waals surface area contributed by atoms with Gasteiger partial charge >= 0.3 is 0 Å². The first-order valence-electron chi connectivity index (χ1n) is 5.33. The maximum absolute atomic E-state index is 5.92. The third kappa shape index (κ3) is 4.89. The molecule has 0 aromatic rings. The van der Waals surface area contributed by atoms with Crippen LogP contribution in [0.4, 0.5) is 0 Å². The monoisotopic (exact) mass is 248 g/mol. The second-order valence-corrected chi connectivity index (χ2v) is 5.69. The second kappa shape index (κ2) is 5.76. The molecule has 1 N–H and O–H groups in total. The van der Waals surface area contributed by atoms with E-state index in [0.717, 1.165) is 24.4 Å². The second-order valence-electron chi connectivity index (χ2n) is 3.98. The fourth-order valence-electron chi connectivity index (χ4n) is 1.38. The van der Waals surface area contributed by atoms with Crippen molar-refractivity contribution in [1.29, 1.82) is 0 Å². The SMILES string of the molecule is C=C(CNC1=NCCCCC1)C(C)(Cl)Cl. The summed E-state index contributed by atoms with van der Waals surface area (Å²) in [5, 5.41) is 3.25. The van der Waals surface area contributed by atoms with Crippen LogP contribution in [0.3, 0.4) is 0 Å². The van der Waals surface area contributed by atoms with Crippen molar-refractivity contribution in [3.63, 3.8) is 0 Å². The van der Waals surface area contributed by atoms with E-state index in [2.05, 4.69) is 16.9 Å². The van der Waals surface area contributed by atoms with Crippen LogP contribution >= 0.6 is 23.2 Å². The lowest BCUT2D eigenvalue weighted by atomic mass is 10.2. The molecule has 0 amide bonds. The van der Waals surface area contributed by atoms with Gasteiger partial charge in [-0.25, -0.2) is 0 Å². The molecule has 0 saturated heterocycles. The molecule has 0 atom stereocenters. The van der Waals surface area contributed by atoms with Gasteiger partial charge in [0.15, 0.2) is 0 Å². The fourth-order valence-corrected chi connectivity index (χ4v) is 1.52. The molecule has 2 nitrogen and oxygen atoms in total. The van der Waals surface area contributed by atoms with Crippen LogP contribution in [0.15, 0.2) is 17.1 Å². The molecule has 1 aliphatic heterocycles. The molecule has 0 spiro atoms. The van der Waals surface area contributed by atoms with Crippen LogP contribution in [-0.2, 0) is 0 Å². The average Bonchev–Trinajstić information content (AvgIpc) is 2.40. The van der Waals surface area contributed by atoms with Gasteiger partial charge in [-0.15, -0.1) is 0 Å². The third-order valence-corrected chi connectivity index (χ3v) is 3.04. The minimum Gasteiger partial charge on any atom is -0.370 e. The van der Waals surface area contributed by atoms with Gasteiger partial charge in [0, 0.05) is 19.5 Å². The molecule has 4 heteroatoms. The molecule has 0 unspecified atom stereocenters. The van der Waals surface area contributed by atoms with Gasteiger partial charge in [0.2, 0.25) is 0 Å². The predicted octanol–water partition coefficient (Wildman–Crippen LogP) is 3.30. The summed E-state index contributed by atoms with van der Waals surface area (Å²) in [6, 6.07) is 0. The lowest BCUT2D eigenvalue weighted by Crippen LogP contribution is -2.29. The van der Waals surface area contributed by atoms with E-state index < -0.39 is 4.33 Å². The Balaban J connectivity index is 2.36. The summed E-state index contributed by atoms with van der Waals surface area (Å²) >= 11 is 11.8. The summed E-state index contributed by atoms with van der Waals surface area (Å²) in [7, 11) is 0. The quantitative estimate of drug-likeness (QED) is 0.602. The van der Waals surface area contributed by atoms with Gasteiger partial charge in [-0.05, 0) is 25.3 Å². The molecule has 0 aromatic heterocycles. The van der Waals surface area contributed by atoms with Crippen LogP contribution in [0.2, 0.25) is 0 Å². The Morgan fingerprint density at radius 2 is 2.20 bits per heavy atom. The van der Waals surface area contributed by atoms with Gasteiger partial charge < -0.3 is 5.32 Å². The molecule has 0 fully saturated rings.